The summed E-state index contributed by atoms with van der Waals surface area (Å²) in [7, 11) is 0. The van der Waals surface area contributed by atoms with E-state index in [9.17, 15) is 13.6 Å². The molecule has 0 atom stereocenters. The van der Waals surface area contributed by atoms with E-state index in [2.05, 4.69) is 0 Å². The van der Waals surface area contributed by atoms with Gasteiger partial charge in [-0.15, -0.1) is 0 Å². The van der Waals surface area contributed by atoms with E-state index in [0.29, 0.717) is 0 Å². The molecule has 0 unspecified atom stereocenters. The Morgan fingerprint density at radius 3 is 2.47 bits per heavy atom. The minimum Gasteiger partial charge on any atom is -0.457 e. The molecule has 2 N–H and O–H groups in total. The van der Waals surface area contributed by atoms with Gasteiger partial charge in [-0.2, -0.15) is 0 Å². The fourth-order valence-electron chi connectivity index (χ4n) is 1.52. The van der Waals surface area contributed by atoms with Crippen molar-refractivity contribution in [3.05, 3.63) is 65.2 Å². The Hall–Kier alpha value is -2.43. The largest absolute Gasteiger partial charge is 0.457 e. The number of esters is 1. The van der Waals surface area contributed by atoms with Crippen molar-refractivity contribution in [2.45, 2.75) is 6.61 Å². The third kappa shape index (κ3) is 3.07. The van der Waals surface area contributed by atoms with E-state index in [0.717, 1.165) is 17.7 Å². The smallest absolute Gasteiger partial charge is 0.341 e. The zero-order valence-corrected chi connectivity index (χ0v) is 9.90. The van der Waals surface area contributed by atoms with Crippen LogP contribution in [0.3, 0.4) is 0 Å². The first-order chi connectivity index (χ1) is 9.08. The van der Waals surface area contributed by atoms with Gasteiger partial charge in [0.1, 0.15) is 18.2 Å². The molecule has 98 valence electrons. The lowest BCUT2D eigenvalue weighted by Crippen LogP contribution is -2.09. The van der Waals surface area contributed by atoms with Crippen LogP contribution in [0.2, 0.25) is 0 Å². The summed E-state index contributed by atoms with van der Waals surface area (Å²) >= 11 is 0. The molecule has 19 heavy (non-hydrogen) atoms. The second-order valence-electron chi connectivity index (χ2n) is 3.92. The number of rotatable bonds is 3. The van der Waals surface area contributed by atoms with Crippen LogP contribution in [-0.4, -0.2) is 5.97 Å². The van der Waals surface area contributed by atoms with E-state index >= 15 is 0 Å². The molecule has 5 heteroatoms. The summed E-state index contributed by atoms with van der Waals surface area (Å²) in [5.41, 5.74) is 5.12. The molecule has 0 amide bonds. The van der Waals surface area contributed by atoms with E-state index < -0.39 is 23.2 Å². The lowest BCUT2D eigenvalue weighted by atomic mass is 10.2. The molecule has 0 bridgehead atoms. The predicted octanol–water partition coefficient (Wildman–Crippen LogP) is 2.90. The fourth-order valence-corrected chi connectivity index (χ4v) is 1.52. The Morgan fingerprint density at radius 2 is 1.79 bits per heavy atom. The SMILES string of the molecule is Nc1cc(F)c(C(=O)OCc2ccccc2)cc1F. The molecular formula is C14H11F2NO2. The molecule has 0 aromatic heterocycles. The maximum atomic E-state index is 13.5. The number of halogens is 2. The van der Waals surface area contributed by atoms with E-state index in [1.165, 1.54) is 0 Å². The summed E-state index contributed by atoms with van der Waals surface area (Å²) < 4.78 is 31.5. The number of carbonyl (C=O) groups is 1. The van der Waals surface area contributed by atoms with Crippen LogP contribution in [0.4, 0.5) is 14.5 Å². The minimum absolute atomic E-state index is 0.00882. The van der Waals surface area contributed by atoms with Gasteiger partial charge >= 0.3 is 5.97 Å². The maximum Gasteiger partial charge on any atom is 0.341 e. The lowest BCUT2D eigenvalue weighted by Gasteiger charge is -2.07. The van der Waals surface area contributed by atoms with Crippen molar-refractivity contribution in [1.29, 1.82) is 0 Å². The Bertz CT molecular complexity index is 600. The summed E-state index contributed by atoms with van der Waals surface area (Å²) in [6.07, 6.45) is 0. The van der Waals surface area contributed by atoms with Gasteiger partial charge in [0.25, 0.3) is 0 Å². The van der Waals surface area contributed by atoms with Crippen molar-refractivity contribution < 1.29 is 18.3 Å². The van der Waals surface area contributed by atoms with E-state index in [-0.39, 0.29) is 12.3 Å². The van der Waals surface area contributed by atoms with Crippen LogP contribution in [0.1, 0.15) is 15.9 Å². The highest BCUT2D eigenvalue weighted by Gasteiger charge is 2.16. The molecule has 3 nitrogen and oxygen atoms in total. The van der Waals surface area contributed by atoms with Crippen LogP contribution in [0.5, 0.6) is 0 Å². The Balaban J connectivity index is 2.10. The quantitative estimate of drug-likeness (QED) is 0.684. The molecule has 0 aliphatic heterocycles. The van der Waals surface area contributed by atoms with Crippen LogP contribution in [0.25, 0.3) is 0 Å². The molecule has 0 spiro atoms. The number of ether oxygens (including phenoxy) is 1. The summed E-state index contributed by atoms with van der Waals surface area (Å²) in [5.74, 6) is -2.69. The first-order valence-electron chi connectivity index (χ1n) is 5.53. The van der Waals surface area contributed by atoms with Crippen molar-refractivity contribution in [3.63, 3.8) is 0 Å². The average molecular weight is 263 g/mol. The standard InChI is InChI=1S/C14H11F2NO2/c15-11-7-13(17)12(16)6-10(11)14(18)19-8-9-4-2-1-3-5-9/h1-7H,8,17H2. The Labute approximate surface area is 108 Å². The topological polar surface area (TPSA) is 52.3 Å². The molecule has 0 aliphatic rings. The third-order valence-electron chi connectivity index (χ3n) is 2.52. The van der Waals surface area contributed by atoms with Crippen LogP contribution in [-0.2, 0) is 11.3 Å². The first-order valence-corrected chi connectivity index (χ1v) is 5.53. The zero-order valence-electron chi connectivity index (χ0n) is 9.90. The minimum atomic E-state index is -0.930. The Morgan fingerprint density at radius 1 is 1.11 bits per heavy atom. The summed E-state index contributed by atoms with van der Waals surface area (Å²) in [6.45, 7) is -0.00882. The van der Waals surface area contributed by atoms with E-state index in [1.807, 2.05) is 6.07 Å². The lowest BCUT2D eigenvalue weighted by molar-refractivity contribution is 0.0467. The highest BCUT2D eigenvalue weighted by Crippen LogP contribution is 2.17. The van der Waals surface area contributed by atoms with Crippen molar-refractivity contribution in [2.75, 3.05) is 5.73 Å². The van der Waals surface area contributed by atoms with Crippen LogP contribution in [0, 0.1) is 11.6 Å². The van der Waals surface area contributed by atoms with Crippen LogP contribution >= 0.6 is 0 Å². The fraction of sp³-hybridized carbons (Fsp3) is 0.0714. The molecule has 0 saturated carbocycles. The molecule has 2 rings (SSSR count). The molecule has 0 fully saturated rings. The number of benzene rings is 2. The molecule has 2 aromatic rings. The zero-order chi connectivity index (χ0) is 13.8. The number of nitrogen functional groups attached to an aromatic ring is 1. The van der Waals surface area contributed by atoms with Crippen LogP contribution < -0.4 is 5.73 Å². The molecule has 2 aromatic carbocycles. The van der Waals surface area contributed by atoms with Gasteiger partial charge in [0.05, 0.1) is 11.3 Å². The van der Waals surface area contributed by atoms with Crippen molar-refractivity contribution in [1.82, 2.24) is 0 Å². The van der Waals surface area contributed by atoms with Crippen LogP contribution in [0.15, 0.2) is 42.5 Å². The first kappa shape index (κ1) is 13.0. The number of hydrogen-bond donors (Lipinski definition) is 1. The number of hydrogen-bond acceptors (Lipinski definition) is 3. The molecule has 0 radical (unpaired) electrons. The monoisotopic (exact) mass is 263 g/mol. The van der Waals surface area contributed by atoms with Gasteiger partial charge in [0.15, 0.2) is 0 Å². The predicted molar refractivity (Wildman–Crippen MR) is 66.3 cm³/mol. The van der Waals surface area contributed by atoms with Crippen molar-refractivity contribution >= 4 is 11.7 Å². The number of anilines is 1. The molecular weight excluding hydrogens is 252 g/mol. The van der Waals surface area contributed by atoms with E-state index in [1.54, 1.807) is 24.3 Å². The van der Waals surface area contributed by atoms with Gasteiger partial charge < -0.3 is 10.5 Å². The van der Waals surface area contributed by atoms with E-state index in [4.69, 9.17) is 10.5 Å². The molecule has 0 saturated heterocycles. The molecule has 0 aliphatic carbocycles. The summed E-state index contributed by atoms with van der Waals surface area (Å²) in [6, 6.07) is 10.4. The number of carbonyl (C=O) groups excluding carboxylic acids is 1. The van der Waals surface area contributed by atoms with Gasteiger partial charge in [-0.1, -0.05) is 30.3 Å². The average Bonchev–Trinajstić information content (AvgIpc) is 2.41. The van der Waals surface area contributed by atoms with Crippen molar-refractivity contribution in [2.24, 2.45) is 0 Å². The second-order valence-corrected chi connectivity index (χ2v) is 3.92. The molecule has 0 heterocycles. The van der Waals surface area contributed by atoms with Gasteiger partial charge in [0.2, 0.25) is 0 Å². The van der Waals surface area contributed by atoms with Crippen molar-refractivity contribution in [3.8, 4) is 0 Å². The van der Waals surface area contributed by atoms with Gasteiger partial charge in [0, 0.05) is 6.07 Å². The normalized spacial score (nSPS) is 10.2. The highest BCUT2D eigenvalue weighted by atomic mass is 19.1. The van der Waals surface area contributed by atoms with Gasteiger partial charge in [-0.05, 0) is 11.6 Å². The Kier molecular flexibility index (Phi) is 3.75. The highest BCUT2D eigenvalue weighted by molar-refractivity contribution is 5.90. The van der Waals surface area contributed by atoms with Gasteiger partial charge in [-0.25, -0.2) is 13.6 Å². The van der Waals surface area contributed by atoms with Gasteiger partial charge in [-0.3, -0.25) is 0 Å². The summed E-state index contributed by atoms with van der Waals surface area (Å²) in [4.78, 5) is 11.6. The number of nitrogens with two attached hydrogens (primary N) is 1. The third-order valence-corrected chi connectivity index (χ3v) is 2.52. The summed E-state index contributed by atoms with van der Waals surface area (Å²) in [5, 5.41) is 0. The maximum absolute atomic E-state index is 13.5. The second kappa shape index (κ2) is 5.48.